The summed E-state index contributed by atoms with van der Waals surface area (Å²) in [6.07, 6.45) is 0.581. The maximum Gasteiger partial charge on any atom is 0.295 e. The fourth-order valence-electron chi connectivity index (χ4n) is 3.66. The molecule has 0 saturated carbocycles. The van der Waals surface area contributed by atoms with E-state index in [0.29, 0.717) is 12.0 Å². The van der Waals surface area contributed by atoms with Crippen LogP contribution in [0.3, 0.4) is 0 Å². The van der Waals surface area contributed by atoms with Gasteiger partial charge in [-0.1, -0.05) is 36.2 Å². The number of ether oxygens (including phenoxy) is 2. The zero-order valence-corrected chi connectivity index (χ0v) is 18.6. The summed E-state index contributed by atoms with van der Waals surface area (Å²) in [5.41, 5.74) is 0.358. The first-order chi connectivity index (χ1) is 14.7. The van der Waals surface area contributed by atoms with Crippen molar-refractivity contribution in [2.45, 2.75) is 19.4 Å². The summed E-state index contributed by atoms with van der Waals surface area (Å²) in [6, 6.07) is 6.44. The van der Waals surface area contributed by atoms with Crippen LogP contribution < -0.4 is 9.47 Å². The van der Waals surface area contributed by atoms with E-state index in [2.05, 4.69) is 0 Å². The molecule has 9 heteroatoms. The fourth-order valence-corrected chi connectivity index (χ4v) is 4.23. The third-order valence-corrected chi connectivity index (χ3v) is 5.49. The molecule has 0 aromatic heterocycles. The maximum atomic E-state index is 13.0. The van der Waals surface area contributed by atoms with Gasteiger partial charge in [0.1, 0.15) is 11.5 Å². The van der Waals surface area contributed by atoms with Crippen LogP contribution in [0.4, 0.5) is 0 Å². The molecule has 1 aliphatic heterocycles. The van der Waals surface area contributed by atoms with E-state index < -0.39 is 23.5 Å². The van der Waals surface area contributed by atoms with Crippen LogP contribution in [0.15, 0.2) is 35.9 Å². The number of carbonyl (C=O) groups excluding carboxylic acids is 2. The second-order valence-corrected chi connectivity index (χ2v) is 7.74. The first-order valence-corrected chi connectivity index (χ1v) is 10.2. The lowest BCUT2D eigenvalue weighted by Crippen LogP contribution is -2.30. The third-order valence-electron chi connectivity index (χ3n) is 4.99. The second-order valence-electron chi connectivity index (χ2n) is 6.89. The normalized spacial score (nSPS) is 17.8. The summed E-state index contributed by atoms with van der Waals surface area (Å²) in [6.45, 7) is 2.13. The lowest BCUT2D eigenvalue weighted by atomic mass is 9.94. The van der Waals surface area contributed by atoms with Crippen molar-refractivity contribution in [3.8, 4) is 17.2 Å². The minimum Gasteiger partial charge on any atom is -0.507 e. The molecule has 2 N–H and O–H groups in total. The lowest BCUT2D eigenvalue weighted by Gasteiger charge is -2.25. The number of amides is 1. The molecule has 0 radical (unpaired) electrons. The topological polar surface area (TPSA) is 96.3 Å². The molecular formula is C22H21Cl2NO6. The molecule has 31 heavy (non-hydrogen) atoms. The number of Topliss-reactive ketones (excluding diaryl/α,β-unsaturated/α-hetero) is 1. The fraction of sp³-hybridized carbons (Fsp3) is 0.273. The van der Waals surface area contributed by atoms with Gasteiger partial charge in [0.25, 0.3) is 11.7 Å². The number of phenols is 1. The Labute approximate surface area is 189 Å². The molecule has 1 fully saturated rings. The van der Waals surface area contributed by atoms with Crippen LogP contribution in [0, 0.1) is 0 Å². The predicted molar refractivity (Wildman–Crippen MR) is 117 cm³/mol. The molecule has 1 amide bonds. The summed E-state index contributed by atoms with van der Waals surface area (Å²) < 4.78 is 10.4. The van der Waals surface area contributed by atoms with Gasteiger partial charge in [-0.15, -0.1) is 0 Å². The Morgan fingerprint density at radius 2 is 1.84 bits per heavy atom. The number of aromatic hydroxyl groups is 1. The van der Waals surface area contributed by atoms with Crippen LogP contribution in [-0.2, 0) is 9.59 Å². The molecular weight excluding hydrogens is 445 g/mol. The van der Waals surface area contributed by atoms with Crippen molar-refractivity contribution in [3.63, 3.8) is 0 Å². The highest BCUT2D eigenvalue weighted by Gasteiger charge is 2.46. The van der Waals surface area contributed by atoms with E-state index in [0.717, 1.165) is 0 Å². The van der Waals surface area contributed by atoms with Crippen LogP contribution in [0.2, 0.25) is 10.0 Å². The van der Waals surface area contributed by atoms with Gasteiger partial charge in [-0.3, -0.25) is 9.59 Å². The van der Waals surface area contributed by atoms with Gasteiger partial charge in [-0.2, -0.15) is 0 Å². The average molecular weight is 466 g/mol. The van der Waals surface area contributed by atoms with Gasteiger partial charge in [0, 0.05) is 11.6 Å². The van der Waals surface area contributed by atoms with Gasteiger partial charge >= 0.3 is 0 Å². The first-order valence-electron chi connectivity index (χ1n) is 9.43. The summed E-state index contributed by atoms with van der Waals surface area (Å²) in [7, 11) is 2.77. The molecule has 1 atom stereocenters. The number of nitrogens with zero attached hydrogens (tertiary/aromatic N) is 1. The maximum absolute atomic E-state index is 13.0. The molecule has 0 bridgehead atoms. The van der Waals surface area contributed by atoms with Crippen LogP contribution in [0.25, 0.3) is 5.76 Å². The van der Waals surface area contributed by atoms with E-state index >= 15 is 0 Å². The van der Waals surface area contributed by atoms with Gasteiger partial charge in [0.05, 0.1) is 36.4 Å². The highest BCUT2D eigenvalue weighted by molar-refractivity contribution is 6.46. The van der Waals surface area contributed by atoms with Gasteiger partial charge < -0.3 is 24.6 Å². The zero-order valence-electron chi connectivity index (χ0n) is 17.1. The largest absolute Gasteiger partial charge is 0.507 e. The van der Waals surface area contributed by atoms with Crippen molar-refractivity contribution in [3.05, 3.63) is 57.1 Å². The summed E-state index contributed by atoms with van der Waals surface area (Å²) >= 11 is 12.3. The van der Waals surface area contributed by atoms with Gasteiger partial charge in [-0.05, 0) is 36.2 Å². The van der Waals surface area contributed by atoms with Crippen LogP contribution in [0.1, 0.15) is 30.5 Å². The number of aliphatic hydroxyl groups is 1. The number of phenolic OH excluding ortho intramolecular Hbond substituents is 1. The number of halogens is 2. The Kier molecular flexibility index (Phi) is 6.67. The number of ketones is 1. The van der Waals surface area contributed by atoms with Gasteiger partial charge in [0.2, 0.25) is 0 Å². The van der Waals surface area contributed by atoms with E-state index in [1.165, 1.54) is 43.4 Å². The molecule has 2 aromatic rings. The van der Waals surface area contributed by atoms with E-state index in [-0.39, 0.29) is 45.0 Å². The summed E-state index contributed by atoms with van der Waals surface area (Å²) in [5.74, 6) is -1.90. The van der Waals surface area contributed by atoms with Gasteiger partial charge in [0.15, 0.2) is 11.5 Å². The minimum atomic E-state index is -0.931. The Balaban J connectivity index is 2.29. The average Bonchev–Trinajstić information content (AvgIpc) is 2.98. The molecule has 7 nitrogen and oxygen atoms in total. The number of rotatable bonds is 6. The van der Waals surface area contributed by atoms with Crippen molar-refractivity contribution >= 4 is 40.7 Å². The van der Waals surface area contributed by atoms with Crippen molar-refractivity contribution in [1.82, 2.24) is 4.90 Å². The molecule has 164 valence electrons. The highest BCUT2D eigenvalue weighted by Crippen LogP contribution is 2.44. The molecule has 1 unspecified atom stereocenters. The molecule has 1 heterocycles. The number of likely N-dealkylation sites (tertiary alicyclic amines) is 1. The van der Waals surface area contributed by atoms with E-state index in [9.17, 15) is 19.8 Å². The molecule has 1 saturated heterocycles. The monoisotopic (exact) mass is 465 g/mol. The van der Waals surface area contributed by atoms with Crippen molar-refractivity contribution in [1.29, 1.82) is 0 Å². The lowest BCUT2D eigenvalue weighted by molar-refractivity contribution is -0.139. The van der Waals surface area contributed by atoms with E-state index in [1.54, 1.807) is 6.07 Å². The number of hydrogen-bond donors (Lipinski definition) is 2. The number of hydrogen-bond acceptors (Lipinski definition) is 6. The SMILES string of the molecule is CCCN1C(=O)C(=O)/C(=C(/O)c2cc(Cl)cc(Cl)c2OC)C1c1ccc(OC)c(O)c1. The van der Waals surface area contributed by atoms with Crippen LogP contribution in [-0.4, -0.2) is 47.6 Å². The highest BCUT2D eigenvalue weighted by atomic mass is 35.5. The van der Waals surface area contributed by atoms with Crippen molar-refractivity contribution < 1.29 is 29.3 Å². The summed E-state index contributed by atoms with van der Waals surface area (Å²) in [4.78, 5) is 27.1. The minimum absolute atomic E-state index is 0.0808. The van der Waals surface area contributed by atoms with Crippen LogP contribution >= 0.6 is 23.2 Å². The third kappa shape index (κ3) is 4.03. The van der Waals surface area contributed by atoms with Crippen molar-refractivity contribution in [2.24, 2.45) is 0 Å². The smallest absolute Gasteiger partial charge is 0.295 e. The Morgan fingerprint density at radius 1 is 1.13 bits per heavy atom. The van der Waals surface area contributed by atoms with Crippen LogP contribution in [0.5, 0.6) is 17.2 Å². The molecule has 0 aliphatic carbocycles. The Morgan fingerprint density at radius 3 is 2.42 bits per heavy atom. The first kappa shape index (κ1) is 22.8. The Hall–Kier alpha value is -2.90. The standard InChI is InChI=1S/C22H21Cl2NO6/c1-4-7-25-18(11-5-6-16(30-2)15(26)8-11)17(20(28)22(25)29)19(27)13-9-12(23)10-14(24)21(13)31-3/h5-6,8-10,18,26-27H,4,7H2,1-3H3/b19-17+. The van der Waals surface area contributed by atoms with Crippen molar-refractivity contribution in [2.75, 3.05) is 20.8 Å². The molecule has 1 aliphatic rings. The zero-order chi connectivity index (χ0) is 22.9. The molecule has 3 rings (SSSR count). The number of methoxy groups -OCH3 is 2. The van der Waals surface area contributed by atoms with Gasteiger partial charge in [-0.25, -0.2) is 0 Å². The predicted octanol–water partition coefficient (Wildman–Crippen LogP) is 4.55. The second kappa shape index (κ2) is 9.08. The Bertz CT molecular complexity index is 1080. The quantitative estimate of drug-likeness (QED) is 0.369. The molecule has 2 aromatic carbocycles. The van der Waals surface area contributed by atoms with E-state index in [4.69, 9.17) is 32.7 Å². The molecule has 0 spiro atoms. The summed E-state index contributed by atoms with van der Waals surface area (Å²) in [5, 5.41) is 21.8. The number of benzene rings is 2. The van der Waals surface area contributed by atoms with E-state index in [1.807, 2.05) is 6.92 Å². The number of carbonyl (C=O) groups is 2. The number of aliphatic hydroxyl groups excluding tert-OH is 1.